The molecule has 10 amide bonds. The molecule has 3 rings (SSSR count). The van der Waals surface area contributed by atoms with Gasteiger partial charge in [-0.3, -0.25) is 47.9 Å². The molecule has 0 aliphatic heterocycles. The van der Waals surface area contributed by atoms with E-state index >= 15 is 0 Å². The summed E-state index contributed by atoms with van der Waals surface area (Å²) in [5, 5.41) is 44.1. The van der Waals surface area contributed by atoms with Crippen molar-refractivity contribution in [1.82, 2.24) is 47.9 Å². The third-order valence-corrected chi connectivity index (χ3v) is 16.3. The number of amides is 10. The summed E-state index contributed by atoms with van der Waals surface area (Å²) < 4.78 is 49.9. The third-order valence-electron chi connectivity index (χ3n) is 16.3. The Morgan fingerprint density at radius 2 is 0.883 bits per heavy atom. The van der Waals surface area contributed by atoms with Gasteiger partial charge < -0.3 is 112 Å². The number of carbonyl (C=O) groups is 11. The van der Waals surface area contributed by atoms with Crippen LogP contribution in [0.15, 0.2) is 40.8 Å². The Bertz CT molecular complexity index is 3100. The first kappa shape index (κ1) is 89.2. The fourth-order valence-electron chi connectivity index (χ4n) is 10.2. The number of carboxylic acids is 1. The number of carbonyl (C=O) groups excluding carboxylic acids is 10. The number of primary amides is 1. The molecule has 0 spiro atoms. The summed E-state index contributed by atoms with van der Waals surface area (Å²) in [5.74, 6) is -9.66. The van der Waals surface area contributed by atoms with Gasteiger partial charge in [-0.05, 0) is 54.1 Å². The van der Waals surface area contributed by atoms with Crippen LogP contribution in [0.25, 0.3) is 21.9 Å². The second kappa shape index (κ2) is 51.2. The van der Waals surface area contributed by atoms with E-state index in [0.29, 0.717) is 128 Å². The maximum Gasteiger partial charge on any atom is 0.326 e. The zero-order chi connectivity index (χ0) is 76.1. The van der Waals surface area contributed by atoms with Crippen molar-refractivity contribution in [2.45, 2.75) is 143 Å². The minimum atomic E-state index is -1.64. The van der Waals surface area contributed by atoms with Crippen molar-refractivity contribution in [2.75, 3.05) is 138 Å². The Morgan fingerprint density at radius 3 is 1.32 bits per heavy atom. The van der Waals surface area contributed by atoms with Gasteiger partial charge in [0.05, 0.1) is 132 Å². The Hall–Kier alpha value is -7.99. The van der Waals surface area contributed by atoms with Gasteiger partial charge in [0.1, 0.15) is 47.4 Å². The van der Waals surface area contributed by atoms with Gasteiger partial charge in [0.25, 0.3) is 0 Å². The molecule has 0 saturated heterocycles. The molecule has 580 valence electrons. The number of aliphatic hydroxyl groups is 1. The standard InChI is InChI=1S/C70H113N11O22/c1-9-46(7)61(68(91)75-41-58(86)76-53(70(93)94)39-44(3)4)81-69(92)62(47(8)10-2)80-56(84)18-17-48-13-11-15-50-51-16-12-14-49(64(51)103-63(48)50)19-22-73-65(88)52(40-55(72)83)78-66(89)54(43-82)77-59(87)42-74-67(90)60(45(5)6)79-57(85)20-23-95-25-27-97-29-31-99-33-35-101-37-38-102-36-34-100-32-30-98-28-26-96-24-21-71/h11-16,44-47,52-54,60-62,82H,9-10,17-43,71H2,1-8H3,(H2,72,83)(H,73,88)(H,74,90)(H,75,91)(H,76,86)(H,77,87)(H,78,89)(H,79,85)(H,80,84)(H,81,92)(H,93,94)/t46-,47-,52-,53-,54-,60-,61-,62-/m0/s1. The number of nitrogens with two attached hydrogens (primary N) is 2. The molecule has 0 fully saturated rings. The average Bonchev–Trinajstić information content (AvgIpc) is 1.62. The molecule has 0 unspecified atom stereocenters. The number of aryl methyl sites for hydroxylation is 1. The second-order valence-corrected chi connectivity index (χ2v) is 25.3. The first-order valence-electron chi connectivity index (χ1n) is 35.3. The van der Waals surface area contributed by atoms with Crippen LogP contribution in [0.3, 0.4) is 0 Å². The van der Waals surface area contributed by atoms with Crippen molar-refractivity contribution in [1.29, 1.82) is 0 Å². The first-order chi connectivity index (χ1) is 49.3. The van der Waals surface area contributed by atoms with Crippen LogP contribution in [-0.2, 0) is 103 Å². The largest absolute Gasteiger partial charge is 0.480 e. The number of aliphatic carboxylic acids is 1. The number of fused-ring (bicyclic) bond motifs is 3. The fraction of sp³-hybridized carbons (Fsp3) is 0.671. The first-order valence-corrected chi connectivity index (χ1v) is 35.3. The quantitative estimate of drug-likeness (QED) is 0.0318. The number of carboxylic acid groups (broad SMARTS) is 1. The van der Waals surface area contributed by atoms with Gasteiger partial charge in [-0.25, -0.2) is 4.79 Å². The van der Waals surface area contributed by atoms with Crippen molar-refractivity contribution >= 4 is 87.0 Å². The van der Waals surface area contributed by atoms with Crippen LogP contribution < -0.4 is 59.3 Å². The Labute approximate surface area is 602 Å². The third kappa shape index (κ3) is 35.4. The molecular weight excluding hydrogens is 1350 g/mol. The molecule has 103 heavy (non-hydrogen) atoms. The number of aliphatic hydroxyl groups excluding tert-OH is 1. The number of hydrogen-bond donors (Lipinski definition) is 13. The van der Waals surface area contributed by atoms with E-state index < -0.39 is 133 Å². The predicted molar refractivity (Wildman–Crippen MR) is 378 cm³/mol. The maximum atomic E-state index is 14.0. The number of para-hydroxylation sites is 2. The summed E-state index contributed by atoms with van der Waals surface area (Å²) in [6.45, 7) is 18.7. The molecule has 2 aromatic carbocycles. The summed E-state index contributed by atoms with van der Waals surface area (Å²) in [6.07, 6.45) is 0.783. The van der Waals surface area contributed by atoms with Crippen LogP contribution in [0.5, 0.6) is 0 Å². The van der Waals surface area contributed by atoms with Crippen molar-refractivity contribution < 1.29 is 105 Å². The predicted octanol–water partition coefficient (Wildman–Crippen LogP) is -0.453. The van der Waals surface area contributed by atoms with Gasteiger partial charge in [-0.2, -0.15) is 0 Å². The highest BCUT2D eigenvalue weighted by atomic mass is 16.6. The number of benzene rings is 2. The molecular formula is C70H113N11O22. The minimum absolute atomic E-state index is 0.0166. The Balaban J connectivity index is 1.44. The Kier molecular flexibility index (Phi) is 44.4. The van der Waals surface area contributed by atoms with Crippen molar-refractivity contribution in [2.24, 2.45) is 35.1 Å². The van der Waals surface area contributed by atoms with Gasteiger partial charge in [0.15, 0.2) is 0 Å². The minimum Gasteiger partial charge on any atom is -0.480 e. The van der Waals surface area contributed by atoms with E-state index in [1.165, 1.54) is 0 Å². The number of nitrogens with one attached hydrogen (secondary N) is 9. The van der Waals surface area contributed by atoms with Crippen LogP contribution in [0.4, 0.5) is 0 Å². The summed E-state index contributed by atoms with van der Waals surface area (Å²) in [6, 6.07) is 3.46. The van der Waals surface area contributed by atoms with Crippen LogP contribution in [0.2, 0.25) is 0 Å². The molecule has 15 N–H and O–H groups in total. The van der Waals surface area contributed by atoms with Gasteiger partial charge in [-0.1, -0.05) is 105 Å². The van der Waals surface area contributed by atoms with Crippen molar-refractivity contribution in [3.8, 4) is 0 Å². The van der Waals surface area contributed by atoms with Gasteiger partial charge in [-0.15, -0.1) is 0 Å². The highest BCUT2D eigenvalue weighted by Gasteiger charge is 2.34. The summed E-state index contributed by atoms with van der Waals surface area (Å²) in [7, 11) is 0. The van der Waals surface area contributed by atoms with Crippen LogP contribution in [0.1, 0.15) is 105 Å². The number of rotatable bonds is 58. The maximum absolute atomic E-state index is 14.0. The van der Waals surface area contributed by atoms with E-state index in [1.54, 1.807) is 39.8 Å². The van der Waals surface area contributed by atoms with E-state index in [4.69, 9.17) is 53.8 Å². The van der Waals surface area contributed by atoms with E-state index in [-0.39, 0.29) is 76.2 Å². The van der Waals surface area contributed by atoms with Gasteiger partial charge >= 0.3 is 5.97 Å². The lowest BCUT2D eigenvalue weighted by atomic mass is 9.94. The fourth-order valence-corrected chi connectivity index (χ4v) is 10.2. The molecule has 0 bridgehead atoms. The normalized spacial score (nSPS) is 13.8. The summed E-state index contributed by atoms with van der Waals surface area (Å²) >= 11 is 0. The average molecular weight is 1460 g/mol. The lowest BCUT2D eigenvalue weighted by Gasteiger charge is -2.29. The highest BCUT2D eigenvalue weighted by Crippen LogP contribution is 2.33. The highest BCUT2D eigenvalue weighted by molar-refractivity contribution is 6.07. The van der Waals surface area contributed by atoms with Crippen LogP contribution in [-0.4, -0.2) is 250 Å². The van der Waals surface area contributed by atoms with Crippen molar-refractivity contribution in [3.05, 3.63) is 47.5 Å². The van der Waals surface area contributed by atoms with E-state index in [9.17, 15) is 63.0 Å². The summed E-state index contributed by atoms with van der Waals surface area (Å²) in [5.41, 5.74) is 13.2. The zero-order valence-corrected chi connectivity index (χ0v) is 61.0. The molecule has 0 saturated carbocycles. The van der Waals surface area contributed by atoms with Crippen LogP contribution in [0, 0.1) is 23.7 Å². The van der Waals surface area contributed by atoms with Crippen LogP contribution >= 0.6 is 0 Å². The molecule has 8 atom stereocenters. The topological polar surface area (TPSA) is 476 Å². The van der Waals surface area contributed by atoms with Gasteiger partial charge in [0.2, 0.25) is 59.1 Å². The molecule has 0 radical (unpaired) electrons. The molecule has 0 aliphatic carbocycles. The molecule has 1 aromatic heterocycles. The molecule has 3 aromatic rings. The monoisotopic (exact) mass is 1460 g/mol. The summed E-state index contributed by atoms with van der Waals surface area (Å²) in [4.78, 5) is 144. The Morgan fingerprint density at radius 1 is 0.456 bits per heavy atom. The number of ether oxygens (including phenoxy) is 8. The zero-order valence-electron chi connectivity index (χ0n) is 61.0. The smallest absolute Gasteiger partial charge is 0.326 e. The molecule has 33 heteroatoms. The van der Waals surface area contributed by atoms with Gasteiger partial charge in [0, 0.05) is 36.7 Å². The lowest BCUT2D eigenvalue weighted by molar-refractivity contribution is -0.142. The molecule has 33 nitrogen and oxygen atoms in total. The number of furan rings is 1. The lowest BCUT2D eigenvalue weighted by Crippen LogP contribution is -2.58. The molecule has 0 aliphatic rings. The molecule has 1 heterocycles. The second-order valence-electron chi connectivity index (χ2n) is 25.3. The van der Waals surface area contributed by atoms with E-state index in [1.807, 2.05) is 52.0 Å². The van der Waals surface area contributed by atoms with E-state index in [2.05, 4.69) is 47.9 Å². The SMILES string of the molecule is CC[C@H](C)[C@H](NC(=O)CCc1cccc2c1oc1c(CCNC(=O)[C@H](CC(N)=O)NC(=O)[C@H](CO)NC(=O)CNC(=O)[C@@H](NC(=O)CCOCCOCCOCCOCCOCCOCCOCCOCCN)C(C)C)cccc12)C(=O)N[C@H](C(=O)NCC(=O)N[C@@H](CC(C)C)C(=O)O)[C@@H](C)CC. The van der Waals surface area contributed by atoms with Crippen molar-refractivity contribution in [3.63, 3.8) is 0 Å². The number of hydrogen-bond acceptors (Lipinski definition) is 22. The van der Waals surface area contributed by atoms with E-state index in [0.717, 1.165) is 10.8 Å².